The number of carbonyl (C=O) groups excluding carboxylic acids is 3. The number of hydrogen-bond donors (Lipinski definition) is 0. The quantitative estimate of drug-likeness (QED) is 0.765. The van der Waals surface area contributed by atoms with E-state index in [-0.39, 0.29) is 43.7 Å². The van der Waals surface area contributed by atoms with Gasteiger partial charge in [-0.15, -0.1) is 0 Å². The first kappa shape index (κ1) is 18.2. The van der Waals surface area contributed by atoms with E-state index in [2.05, 4.69) is 0 Å². The molecule has 7 heteroatoms. The summed E-state index contributed by atoms with van der Waals surface area (Å²) >= 11 is 0. The van der Waals surface area contributed by atoms with Crippen molar-refractivity contribution in [2.45, 2.75) is 45.2 Å². The molecule has 0 radical (unpaired) electrons. The van der Waals surface area contributed by atoms with Gasteiger partial charge in [-0.1, -0.05) is 12.1 Å². The Morgan fingerprint density at radius 2 is 1.88 bits per heavy atom. The first-order valence-corrected chi connectivity index (χ1v) is 8.96. The molecule has 2 atom stereocenters. The molecule has 0 saturated carbocycles. The number of ether oxygens (including phenoxy) is 2. The van der Waals surface area contributed by atoms with Crippen LogP contribution in [-0.2, 0) is 19.1 Å². The molecule has 2 heterocycles. The lowest BCUT2D eigenvalue weighted by Crippen LogP contribution is -2.49. The minimum Gasteiger partial charge on any atom is -0.482 e. The van der Waals surface area contributed by atoms with Crippen molar-refractivity contribution in [2.75, 3.05) is 24.7 Å². The average Bonchev–Trinajstić information content (AvgIpc) is 2.62. The number of piperidine rings is 1. The number of nitrogens with zero attached hydrogens (tertiary/aromatic N) is 2. The Hall–Kier alpha value is -2.57. The van der Waals surface area contributed by atoms with Crippen molar-refractivity contribution in [2.24, 2.45) is 0 Å². The smallest absolute Gasteiger partial charge is 0.326 e. The number of fused-ring (bicyclic) bond motifs is 1. The highest BCUT2D eigenvalue weighted by Gasteiger charge is 2.31. The highest BCUT2D eigenvalue weighted by atomic mass is 16.5. The fourth-order valence-electron chi connectivity index (χ4n) is 3.63. The van der Waals surface area contributed by atoms with E-state index in [1.54, 1.807) is 29.2 Å². The molecule has 2 aliphatic heterocycles. The number of esters is 1. The lowest BCUT2D eigenvalue weighted by atomic mass is 9.97. The number of amides is 2. The number of benzene rings is 1. The fourth-order valence-corrected chi connectivity index (χ4v) is 3.63. The zero-order valence-electron chi connectivity index (χ0n) is 15.1. The average molecular weight is 360 g/mol. The molecule has 0 N–H and O–H groups in total. The van der Waals surface area contributed by atoms with Gasteiger partial charge in [0.15, 0.2) is 13.2 Å². The minimum atomic E-state index is -0.610. The molecule has 3 rings (SSSR count). The van der Waals surface area contributed by atoms with E-state index in [1.807, 2.05) is 13.8 Å². The topological polar surface area (TPSA) is 76.2 Å². The summed E-state index contributed by atoms with van der Waals surface area (Å²) in [5.74, 6) is -0.565. The third kappa shape index (κ3) is 3.81. The molecule has 0 aliphatic carbocycles. The maximum Gasteiger partial charge on any atom is 0.326 e. The van der Waals surface area contributed by atoms with Gasteiger partial charge < -0.3 is 14.4 Å². The summed E-state index contributed by atoms with van der Waals surface area (Å²) in [5.41, 5.74) is 0.533. The maximum atomic E-state index is 12.4. The van der Waals surface area contributed by atoms with Crippen molar-refractivity contribution in [3.8, 4) is 5.75 Å². The normalized spacial score (nSPS) is 22.5. The van der Waals surface area contributed by atoms with Gasteiger partial charge in [0.25, 0.3) is 11.8 Å². The first-order chi connectivity index (χ1) is 12.5. The summed E-state index contributed by atoms with van der Waals surface area (Å²) in [5, 5.41) is 0. The van der Waals surface area contributed by atoms with Gasteiger partial charge in [-0.25, -0.2) is 0 Å². The summed E-state index contributed by atoms with van der Waals surface area (Å²) in [4.78, 5) is 39.8. The van der Waals surface area contributed by atoms with Crippen LogP contribution in [0, 0.1) is 0 Å². The van der Waals surface area contributed by atoms with E-state index >= 15 is 0 Å². The highest BCUT2D eigenvalue weighted by molar-refractivity contribution is 6.01. The number of carbonyl (C=O) groups is 3. The van der Waals surface area contributed by atoms with Gasteiger partial charge >= 0.3 is 5.97 Å². The van der Waals surface area contributed by atoms with Crippen molar-refractivity contribution < 1.29 is 23.9 Å². The van der Waals surface area contributed by atoms with Gasteiger partial charge in [0.1, 0.15) is 12.3 Å². The zero-order chi connectivity index (χ0) is 18.7. The molecule has 2 aliphatic rings. The van der Waals surface area contributed by atoms with Crippen molar-refractivity contribution >= 4 is 23.5 Å². The predicted molar refractivity (Wildman–Crippen MR) is 94.9 cm³/mol. The van der Waals surface area contributed by atoms with E-state index in [1.165, 1.54) is 4.90 Å². The van der Waals surface area contributed by atoms with Crippen LogP contribution in [0.15, 0.2) is 24.3 Å². The molecule has 1 fully saturated rings. The Balaban J connectivity index is 1.58. The Kier molecular flexibility index (Phi) is 5.44. The van der Waals surface area contributed by atoms with Gasteiger partial charge in [0.2, 0.25) is 0 Å². The van der Waals surface area contributed by atoms with Crippen LogP contribution in [0.3, 0.4) is 0 Å². The second-order valence-corrected chi connectivity index (χ2v) is 6.83. The molecule has 0 spiro atoms. The molecular formula is C19H24N2O5. The molecule has 26 heavy (non-hydrogen) atoms. The second-order valence-electron chi connectivity index (χ2n) is 6.83. The Labute approximate surface area is 152 Å². The van der Waals surface area contributed by atoms with Crippen LogP contribution in [0.4, 0.5) is 5.69 Å². The Bertz CT molecular complexity index is 695. The molecule has 1 aromatic rings. The zero-order valence-corrected chi connectivity index (χ0v) is 15.1. The number of hydrogen-bond acceptors (Lipinski definition) is 5. The van der Waals surface area contributed by atoms with Gasteiger partial charge in [-0.3, -0.25) is 19.3 Å². The molecule has 2 amide bonds. The summed E-state index contributed by atoms with van der Waals surface area (Å²) in [6, 6.07) is 7.31. The predicted octanol–water partition coefficient (Wildman–Crippen LogP) is 1.74. The third-order valence-electron chi connectivity index (χ3n) is 4.93. The highest BCUT2D eigenvalue weighted by Crippen LogP contribution is 2.31. The SMILES string of the molecule is CC1CCCC(C)N1C(=O)COC(=O)CN1C(=O)COc2ccccc21. The van der Waals surface area contributed by atoms with Crippen LogP contribution >= 0.6 is 0 Å². The summed E-state index contributed by atoms with van der Waals surface area (Å²) in [7, 11) is 0. The number of para-hydroxylation sites is 2. The van der Waals surface area contributed by atoms with Crippen LogP contribution in [0.5, 0.6) is 5.75 Å². The van der Waals surface area contributed by atoms with Crippen molar-refractivity contribution in [1.82, 2.24) is 4.90 Å². The van der Waals surface area contributed by atoms with E-state index < -0.39 is 5.97 Å². The van der Waals surface area contributed by atoms with Crippen LogP contribution in [0.25, 0.3) is 0 Å². The molecule has 0 aromatic heterocycles. The van der Waals surface area contributed by atoms with Gasteiger partial charge in [-0.05, 0) is 45.2 Å². The number of rotatable bonds is 4. The van der Waals surface area contributed by atoms with E-state index in [0.717, 1.165) is 19.3 Å². The summed E-state index contributed by atoms with van der Waals surface area (Å²) in [6.45, 7) is 3.37. The fraction of sp³-hybridized carbons (Fsp3) is 0.526. The third-order valence-corrected chi connectivity index (χ3v) is 4.93. The van der Waals surface area contributed by atoms with Gasteiger partial charge in [-0.2, -0.15) is 0 Å². The van der Waals surface area contributed by atoms with E-state index in [9.17, 15) is 14.4 Å². The number of anilines is 1. The van der Waals surface area contributed by atoms with Gasteiger partial charge in [0, 0.05) is 12.1 Å². The lowest BCUT2D eigenvalue weighted by Gasteiger charge is -2.38. The Morgan fingerprint density at radius 1 is 1.19 bits per heavy atom. The van der Waals surface area contributed by atoms with Crippen molar-refractivity contribution in [3.05, 3.63) is 24.3 Å². The Morgan fingerprint density at radius 3 is 2.62 bits per heavy atom. The van der Waals surface area contributed by atoms with Crippen LogP contribution in [-0.4, -0.2) is 54.5 Å². The summed E-state index contributed by atoms with van der Waals surface area (Å²) in [6.07, 6.45) is 3.02. The monoisotopic (exact) mass is 360 g/mol. The maximum absolute atomic E-state index is 12.4. The summed E-state index contributed by atoms with van der Waals surface area (Å²) < 4.78 is 10.5. The largest absolute Gasteiger partial charge is 0.482 e. The molecule has 2 unspecified atom stereocenters. The van der Waals surface area contributed by atoms with Crippen LogP contribution in [0.2, 0.25) is 0 Å². The standard InChI is InChI=1S/C19H24N2O5/c1-13-6-5-7-14(2)21(13)18(23)12-26-19(24)10-20-15-8-3-4-9-16(15)25-11-17(20)22/h3-4,8-9,13-14H,5-7,10-12H2,1-2H3. The second kappa shape index (κ2) is 7.76. The first-order valence-electron chi connectivity index (χ1n) is 8.96. The van der Waals surface area contributed by atoms with Crippen molar-refractivity contribution in [1.29, 1.82) is 0 Å². The van der Waals surface area contributed by atoms with E-state index in [4.69, 9.17) is 9.47 Å². The van der Waals surface area contributed by atoms with Gasteiger partial charge in [0.05, 0.1) is 5.69 Å². The van der Waals surface area contributed by atoms with Crippen molar-refractivity contribution in [3.63, 3.8) is 0 Å². The molecule has 1 aromatic carbocycles. The van der Waals surface area contributed by atoms with Crippen LogP contribution < -0.4 is 9.64 Å². The lowest BCUT2D eigenvalue weighted by molar-refractivity contribution is -0.154. The van der Waals surface area contributed by atoms with Crippen LogP contribution in [0.1, 0.15) is 33.1 Å². The number of likely N-dealkylation sites (tertiary alicyclic amines) is 1. The molecule has 140 valence electrons. The van der Waals surface area contributed by atoms with E-state index in [0.29, 0.717) is 11.4 Å². The molecule has 7 nitrogen and oxygen atoms in total. The molecule has 1 saturated heterocycles. The minimum absolute atomic E-state index is 0.119. The molecule has 0 bridgehead atoms. The molecular weight excluding hydrogens is 336 g/mol.